The zero-order valence-electron chi connectivity index (χ0n) is 15.7. The molecule has 1 aliphatic heterocycles. The van der Waals surface area contributed by atoms with Crippen LogP contribution in [-0.2, 0) is 0 Å². The molecule has 2 heterocycles. The van der Waals surface area contributed by atoms with E-state index in [9.17, 15) is 10.1 Å². The highest BCUT2D eigenvalue weighted by atomic mass is 16.1. The van der Waals surface area contributed by atoms with Gasteiger partial charge in [0.1, 0.15) is 6.07 Å². The van der Waals surface area contributed by atoms with Gasteiger partial charge in [-0.1, -0.05) is 6.07 Å². The standard InChI is InChI=1S/C22H21N5O/c1-26-10-12-27(13-11-26)21-8-7-16(14-17(21)15-23)22(28)25-20-6-2-5-19-18(20)4-3-9-24-19/h2-9,14H,10-13H2,1H3,(H,25,28). The smallest absolute Gasteiger partial charge is 0.255 e. The SMILES string of the molecule is CN1CCN(c2ccc(C(=O)Nc3cccc4ncccc34)cc2C#N)CC1. The topological polar surface area (TPSA) is 72.3 Å². The second-order valence-electron chi connectivity index (χ2n) is 6.96. The molecule has 28 heavy (non-hydrogen) atoms. The summed E-state index contributed by atoms with van der Waals surface area (Å²) >= 11 is 0. The third-order valence-electron chi connectivity index (χ3n) is 5.12. The average Bonchev–Trinajstić information content (AvgIpc) is 2.74. The predicted octanol–water partition coefficient (Wildman–Crippen LogP) is 3.11. The first kappa shape index (κ1) is 18.0. The fourth-order valence-corrected chi connectivity index (χ4v) is 3.50. The number of aromatic nitrogens is 1. The number of fused-ring (bicyclic) bond motifs is 1. The van der Waals surface area contributed by atoms with Crippen LogP contribution in [0.2, 0.25) is 0 Å². The minimum Gasteiger partial charge on any atom is -0.368 e. The molecule has 1 fully saturated rings. The van der Waals surface area contributed by atoms with Gasteiger partial charge in [-0.3, -0.25) is 9.78 Å². The molecular weight excluding hydrogens is 350 g/mol. The normalized spacial score (nSPS) is 14.6. The Morgan fingerprint density at radius 2 is 1.93 bits per heavy atom. The van der Waals surface area contributed by atoms with Crippen molar-refractivity contribution in [3.05, 3.63) is 65.9 Å². The molecule has 1 aliphatic rings. The maximum atomic E-state index is 12.8. The maximum Gasteiger partial charge on any atom is 0.255 e. The number of piperazine rings is 1. The number of nitrogens with zero attached hydrogens (tertiary/aromatic N) is 4. The van der Waals surface area contributed by atoms with Gasteiger partial charge in [0, 0.05) is 43.3 Å². The molecular formula is C22H21N5O. The fraction of sp³-hybridized carbons (Fsp3) is 0.227. The van der Waals surface area contributed by atoms with E-state index in [4.69, 9.17) is 0 Å². The summed E-state index contributed by atoms with van der Waals surface area (Å²) in [6.07, 6.45) is 1.73. The van der Waals surface area contributed by atoms with E-state index in [1.807, 2.05) is 36.4 Å². The first-order valence-corrected chi connectivity index (χ1v) is 9.28. The van der Waals surface area contributed by atoms with Crippen LogP contribution in [-0.4, -0.2) is 49.0 Å². The van der Waals surface area contributed by atoms with Crippen molar-refractivity contribution in [2.45, 2.75) is 0 Å². The van der Waals surface area contributed by atoms with Gasteiger partial charge in [-0.05, 0) is 49.5 Å². The molecule has 140 valence electrons. The number of nitrogens with one attached hydrogen (secondary N) is 1. The summed E-state index contributed by atoms with van der Waals surface area (Å²) in [5, 5.41) is 13.4. The van der Waals surface area contributed by atoms with E-state index in [0.29, 0.717) is 16.8 Å². The predicted molar refractivity (Wildman–Crippen MR) is 111 cm³/mol. The number of pyridine rings is 1. The van der Waals surface area contributed by atoms with Crippen LogP contribution in [0.25, 0.3) is 10.9 Å². The zero-order chi connectivity index (χ0) is 19.5. The molecule has 6 nitrogen and oxygen atoms in total. The van der Waals surface area contributed by atoms with Crippen molar-refractivity contribution in [1.29, 1.82) is 5.26 Å². The zero-order valence-corrected chi connectivity index (χ0v) is 15.7. The Bertz CT molecular complexity index is 1060. The Hall–Kier alpha value is -3.43. The van der Waals surface area contributed by atoms with E-state index in [1.54, 1.807) is 18.3 Å². The summed E-state index contributed by atoms with van der Waals surface area (Å²) in [6.45, 7) is 3.67. The number of rotatable bonds is 3. The third kappa shape index (κ3) is 3.53. The van der Waals surface area contributed by atoms with Crippen LogP contribution in [0.3, 0.4) is 0 Å². The minimum atomic E-state index is -0.238. The lowest BCUT2D eigenvalue weighted by Gasteiger charge is -2.34. The van der Waals surface area contributed by atoms with Crippen LogP contribution < -0.4 is 10.2 Å². The number of benzene rings is 2. The summed E-state index contributed by atoms with van der Waals surface area (Å²) in [5.74, 6) is -0.238. The molecule has 0 saturated carbocycles. The van der Waals surface area contributed by atoms with Gasteiger partial charge >= 0.3 is 0 Å². The van der Waals surface area contributed by atoms with E-state index in [-0.39, 0.29) is 5.91 Å². The lowest BCUT2D eigenvalue weighted by atomic mass is 10.1. The molecule has 0 spiro atoms. The van der Waals surface area contributed by atoms with Crippen molar-refractivity contribution in [2.75, 3.05) is 43.4 Å². The number of likely N-dealkylation sites (N-methyl/N-ethyl adjacent to an activating group) is 1. The molecule has 0 bridgehead atoms. The Morgan fingerprint density at radius 1 is 1.11 bits per heavy atom. The van der Waals surface area contributed by atoms with Gasteiger partial charge in [0.2, 0.25) is 0 Å². The van der Waals surface area contributed by atoms with E-state index < -0.39 is 0 Å². The van der Waals surface area contributed by atoms with Crippen molar-refractivity contribution < 1.29 is 4.79 Å². The Labute approximate surface area is 164 Å². The molecule has 0 unspecified atom stereocenters. The second kappa shape index (κ2) is 7.67. The van der Waals surface area contributed by atoms with Crippen molar-refractivity contribution in [2.24, 2.45) is 0 Å². The number of carbonyl (C=O) groups is 1. The van der Waals surface area contributed by atoms with Gasteiger partial charge < -0.3 is 15.1 Å². The molecule has 3 aromatic rings. The van der Waals surface area contributed by atoms with Crippen LogP contribution in [0.5, 0.6) is 0 Å². The fourth-order valence-electron chi connectivity index (χ4n) is 3.50. The van der Waals surface area contributed by atoms with E-state index in [2.05, 4.69) is 33.2 Å². The van der Waals surface area contributed by atoms with Gasteiger partial charge in [0.15, 0.2) is 0 Å². The largest absolute Gasteiger partial charge is 0.368 e. The summed E-state index contributed by atoms with van der Waals surface area (Å²) in [4.78, 5) is 21.6. The van der Waals surface area contributed by atoms with Crippen LogP contribution >= 0.6 is 0 Å². The molecule has 4 rings (SSSR count). The molecule has 0 atom stereocenters. The molecule has 6 heteroatoms. The van der Waals surface area contributed by atoms with Crippen molar-refractivity contribution >= 4 is 28.2 Å². The number of hydrogen-bond acceptors (Lipinski definition) is 5. The Morgan fingerprint density at radius 3 is 2.71 bits per heavy atom. The summed E-state index contributed by atoms with van der Waals surface area (Å²) in [7, 11) is 2.10. The van der Waals surface area contributed by atoms with Crippen LogP contribution in [0.4, 0.5) is 11.4 Å². The van der Waals surface area contributed by atoms with Gasteiger partial charge in [-0.25, -0.2) is 0 Å². The minimum absolute atomic E-state index is 0.238. The van der Waals surface area contributed by atoms with E-state index >= 15 is 0 Å². The quantitative estimate of drug-likeness (QED) is 0.766. The maximum absolute atomic E-state index is 12.8. The number of amides is 1. The van der Waals surface area contributed by atoms with Crippen LogP contribution in [0, 0.1) is 11.3 Å². The van der Waals surface area contributed by atoms with Crippen LogP contribution in [0.1, 0.15) is 15.9 Å². The summed E-state index contributed by atoms with van der Waals surface area (Å²) < 4.78 is 0. The average molecular weight is 371 g/mol. The number of carbonyl (C=O) groups excluding carboxylic acids is 1. The highest BCUT2D eigenvalue weighted by Crippen LogP contribution is 2.25. The molecule has 2 aromatic carbocycles. The van der Waals surface area contributed by atoms with Gasteiger partial charge in [0.05, 0.1) is 22.5 Å². The summed E-state index contributed by atoms with van der Waals surface area (Å²) in [5.41, 5.74) is 3.41. The lowest BCUT2D eigenvalue weighted by molar-refractivity contribution is 0.102. The molecule has 0 aliphatic carbocycles. The van der Waals surface area contributed by atoms with Gasteiger partial charge in [0.25, 0.3) is 5.91 Å². The van der Waals surface area contributed by atoms with E-state index in [0.717, 1.165) is 42.8 Å². The lowest BCUT2D eigenvalue weighted by Crippen LogP contribution is -2.44. The third-order valence-corrected chi connectivity index (χ3v) is 5.12. The molecule has 1 aromatic heterocycles. The first-order valence-electron chi connectivity index (χ1n) is 9.28. The van der Waals surface area contributed by atoms with Crippen molar-refractivity contribution in [3.8, 4) is 6.07 Å². The molecule has 1 N–H and O–H groups in total. The Balaban J connectivity index is 1.59. The van der Waals surface area contributed by atoms with Gasteiger partial charge in [-0.2, -0.15) is 5.26 Å². The number of nitriles is 1. The monoisotopic (exact) mass is 371 g/mol. The number of hydrogen-bond donors (Lipinski definition) is 1. The summed E-state index contributed by atoms with van der Waals surface area (Å²) in [6, 6.07) is 17.0. The Kier molecular flexibility index (Phi) is 4.92. The van der Waals surface area contributed by atoms with Crippen LogP contribution in [0.15, 0.2) is 54.7 Å². The highest BCUT2D eigenvalue weighted by Gasteiger charge is 2.18. The first-order chi connectivity index (χ1) is 13.7. The van der Waals surface area contributed by atoms with Crippen molar-refractivity contribution in [1.82, 2.24) is 9.88 Å². The molecule has 1 amide bonds. The highest BCUT2D eigenvalue weighted by molar-refractivity contribution is 6.09. The molecule has 0 radical (unpaired) electrons. The van der Waals surface area contributed by atoms with E-state index in [1.165, 1.54) is 0 Å². The van der Waals surface area contributed by atoms with Gasteiger partial charge in [-0.15, -0.1) is 0 Å². The molecule has 1 saturated heterocycles. The van der Waals surface area contributed by atoms with Crippen molar-refractivity contribution in [3.63, 3.8) is 0 Å². The second-order valence-corrected chi connectivity index (χ2v) is 6.96. The number of anilines is 2.